The largest absolute Gasteiger partial charge is 0.493 e. The zero-order valence-corrected chi connectivity index (χ0v) is 15.8. The van der Waals surface area contributed by atoms with Crippen molar-refractivity contribution in [2.75, 3.05) is 20.7 Å². The molecule has 0 atom stereocenters. The summed E-state index contributed by atoms with van der Waals surface area (Å²) in [6.07, 6.45) is 0. The van der Waals surface area contributed by atoms with E-state index in [1.165, 1.54) is 6.92 Å². The molecule has 2 aromatic rings. The smallest absolute Gasteiger partial charge is 0.252 e. The predicted octanol–water partition coefficient (Wildman–Crippen LogP) is 1.87. The number of rotatable bonds is 8. The first-order chi connectivity index (χ1) is 13.0. The highest BCUT2D eigenvalue weighted by molar-refractivity contribution is 5.81. The van der Waals surface area contributed by atoms with Crippen LogP contribution >= 0.6 is 0 Å². The number of hydrogen-bond donors (Lipinski definition) is 2. The first kappa shape index (κ1) is 20.3. The number of benzene rings is 2. The molecule has 0 heterocycles. The Morgan fingerprint density at radius 1 is 1.00 bits per heavy atom. The minimum absolute atomic E-state index is 0.148. The summed E-state index contributed by atoms with van der Waals surface area (Å²) in [4.78, 5) is 24.4. The van der Waals surface area contributed by atoms with Gasteiger partial charge in [-0.05, 0) is 30.3 Å². The monoisotopic (exact) mass is 371 g/mol. The number of ether oxygens (including phenoxy) is 2. The van der Waals surface area contributed by atoms with E-state index in [4.69, 9.17) is 9.47 Å². The second-order valence-corrected chi connectivity index (χ2v) is 6.16. The number of hydrogen-bond acceptors (Lipinski definition) is 5. The molecule has 7 nitrogen and oxygen atoms in total. The van der Waals surface area contributed by atoms with E-state index < -0.39 is 0 Å². The lowest BCUT2D eigenvalue weighted by molar-refractivity contribution is -0.128. The van der Waals surface area contributed by atoms with Crippen molar-refractivity contribution in [1.29, 1.82) is 0 Å². The topological polar surface area (TPSA) is 79.9 Å². The molecule has 0 spiro atoms. The molecule has 0 unspecified atom stereocenters. The third-order valence-corrected chi connectivity index (χ3v) is 3.71. The van der Waals surface area contributed by atoms with E-state index in [0.717, 1.165) is 11.1 Å². The van der Waals surface area contributed by atoms with Crippen LogP contribution in [0.25, 0.3) is 0 Å². The van der Waals surface area contributed by atoms with Gasteiger partial charge >= 0.3 is 0 Å². The van der Waals surface area contributed by atoms with Crippen molar-refractivity contribution in [2.24, 2.45) is 0 Å². The van der Waals surface area contributed by atoms with Crippen LogP contribution in [0.1, 0.15) is 18.1 Å². The first-order valence-corrected chi connectivity index (χ1v) is 8.55. The van der Waals surface area contributed by atoms with Crippen LogP contribution < -0.4 is 20.3 Å². The highest BCUT2D eigenvalue weighted by atomic mass is 16.5. The van der Waals surface area contributed by atoms with Gasteiger partial charge in [0.25, 0.3) is 5.91 Å². The SMILES string of the molecule is COc1cc(CN(C)CC(=O)NNC(C)=O)ccc1OCc1ccccc1. The summed E-state index contributed by atoms with van der Waals surface area (Å²) in [6.45, 7) is 2.48. The highest BCUT2D eigenvalue weighted by Crippen LogP contribution is 2.29. The molecule has 0 radical (unpaired) electrons. The molecular weight excluding hydrogens is 346 g/mol. The summed E-state index contributed by atoms with van der Waals surface area (Å²) in [7, 11) is 3.42. The molecule has 2 amide bonds. The van der Waals surface area contributed by atoms with Crippen LogP contribution in [0.15, 0.2) is 48.5 Å². The average molecular weight is 371 g/mol. The summed E-state index contributed by atoms with van der Waals surface area (Å²) in [5, 5.41) is 0. The van der Waals surface area contributed by atoms with Gasteiger partial charge in [0.05, 0.1) is 13.7 Å². The maximum atomic E-state index is 11.7. The molecular formula is C20H25N3O4. The van der Waals surface area contributed by atoms with Crippen molar-refractivity contribution in [2.45, 2.75) is 20.1 Å². The van der Waals surface area contributed by atoms with E-state index in [2.05, 4.69) is 10.9 Å². The summed E-state index contributed by atoms with van der Waals surface area (Å²) in [6, 6.07) is 15.6. The van der Waals surface area contributed by atoms with Gasteiger partial charge in [0.1, 0.15) is 6.61 Å². The number of likely N-dealkylation sites (N-methyl/N-ethyl adjacent to an activating group) is 1. The Morgan fingerprint density at radius 2 is 1.74 bits per heavy atom. The fourth-order valence-corrected chi connectivity index (χ4v) is 2.47. The van der Waals surface area contributed by atoms with E-state index in [1.807, 2.05) is 60.5 Å². The molecule has 0 saturated carbocycles. The Hall–Kier alpha value is -3.06. The van der Waals surface area contributed by atoms with Crippen molar-refractivity contribution in [3.63, 3.8) is 0 Å². The fraction of sp³-hybridized carbons (Fsp3) is 0.300. The van der Waals surface area contributed by atoms with Gasteiger partial charge in [0.15, 0.2) is 11.5 Å². The van der Waals surface area contributed by atoms with Gasteiger partial charge < -0.3 is 9.47 Å². The number of carbonyl (C=O) groups excluding carboxylic acids is 2. The first-order valence-electron chi connectivity index (χ1n) is 8.55. The Balaban J connectivity index is 1.92. The Morgan fingerprint density at radius 3 is 2.41 bits per heavy atom. The lowest BCUT2D eigenvalue weighted by Crippen LogP contribution is -2.44. The van der Waals surface area contributed by atoms with Crippen molar-refractivity contribution in [3.8, 4) is 11.5 Å². The Kier molecular flexibility index (Phi) is 7.63. The molecule has 0 saturated heterocycles. The number of carbonyl (C=O) groups is 2. The van der Waals surface area contributed by atoms with Crippen LogP contribution in [-0.2, 0) is 22.7 Å². The molecule has 7 heteroatoms. The van der Waals surface area contributed by atoms with Gasteiger partial charge in [-0.2, -0.15) is 0 Å². The van der Waals surface area contributed by atoms with Crippen molar-refractivity contribution >= 4 is 11.8 Å². The summed E-state index contributed by atoms with van der Waals surface area (Å²) in [5.74, 6) is 0.694. The molecule has 0 fully saturated rings. The minimum Gasteiger partial charge on any atom is -0.493 e. The summed E-state index contributed by atoms with van der Waals surface area (Å²) in [5.41, 5.74) is 6.66. The standard InChI is InChI=1S/C20H25N3O4/c1-15(24)21-22-20(25)13-23(2)12-17-9-10-18(19(11-17)26-3)27-14-16-7-5-4-6-8-16/h4-11H,12-14H2,1-3H3,(H,21,24)(H,22,25). The lowest BCUT2D eigenvalue weighted by atomic mass is 10.2. The quantitative estimate of drug-likeness (QED) is 0.693. The van der Waals surface area contributed by atoms with E-state index in [0.29, 0.717) is 24.7 Å². The number of nitrogens with one attached hydrogen (secondary N) is 2. The van der Waals surface area contributed by atoms with Crippen LogP contribution in [-0.4, -0.2) is 37.4 Å². The van der Waals surface area contributed by atoms with E-state index in [9.17, 15) is 9.59 Å². The average Bonchev–Trinajstić information content (AvgIpc) is 2.66. The normalized spacial score (nSPS) is 10.4. The van der Waals surface area contributed by atoms with Gasteiger partial charge in [0.2, 0.25) is 5.91 Å². The molecule has 2 rings (SSSR count). The molecule has 0 aliphatic rings. The zero-order chi connectivity index (χ0) is 19.6. The number of methoxy groups -OCH3 is 1. The van der Waals surface area contributed by atoms with E-state index >= 15 is 0 Å². The van der Waals surface area contributed by atoms with E-state index in [1.54, 1.807) is 7.11 Å². The zero-order valence-electron chi connectivity index (χ0n) is 15.8. The predicted molar refractivity (Wildman–Crippen MR) is 102 cm³/mol. The van der Waals surface area contributed by atoms with Crippen LogP contribution in [0.3, 0.4) is 0 Å². The maximum absolute atomic E-state index is 11.7. The molecule has 0 aliphatic carbocycles. The molecule has 0 bridgehead atoms. The van der Waals surface area contributed by atoms with Crippen molar-refractivity contribution < 1.29 is 19.1 Å². The fourth-order valence-electron chi connectivity index (χ4n) is 2.47. The minimum atomic E-state index is -0.318. The van der Waals surface area contributed by atoms with Crippen LogP contribution in [0.2, 0.25) is 0 Å². The van der Waals surface area contributed by atoms with Gasteiger partial charge in [-0.25, -0.2) is 0 Å². The molecule has 27 heavy (non-hydrogen) atoms. The van der Waals surface area contributed by atoms with E-state index in [-0.39, 0.29) is 18.4 Å². The summed E-state index contributed by atoms with van der Waals surface area (Å²) >= 11 is 0. The van der Waals surface area contributed by atoms with Crippen LogP contribution in [0, 0.1) is 0 Å². The van der Waals surface area contributed by atoms with Gasteiger partial charge in [-0.15, -0.1) is 0 Å². The molecule has 144 valence electrons. The van der Waals surface area contributed by atoms with Gasteiger partial charge in [-0.1, -0.05) is 36.4 Å². The highest BCUT2D eigenvalue weighted by Gasteiger charge is 2.10. The number of amides is 2. The number of nitrogens with zero attached hydrogens (tertiary/aromatic N) is 1. The Labute approximate surface area is 159 Å². The maximum Gasteiger partial charge on any atom is 0.252 e. The lowest BCUT2D eigenvalue weighted by Gasteiger charge is -2.18. The number of hydrazine groups is 1. The second-order valence-electron chi connectivity index (χ2n) is 6.16. The van der Waals surface area contributed by atoms with Crippen molar-refractivity contribution in [3.05, 3.63) is 59.7 Å². The molecule has 0 aromatic heterocycles. The van der Waals surface area contributed by atoms with Crippen LogP contribution in [0.5, 0.6) is 11.5 Å². The van der Waals surface area contributed by atoms with Crippen LogP contribution in [0.4, 0.5) is 0 Å². The second kappa shape index (κ2) is 10.2. The molecule has 2 aromatic carbocycles. The third kappa shape index (κ3) is 6.99. The molecule has 2 N–H and O–H groups in total. The summed E-state index contributed by atoms with van der Waals surface area (Å²) < 4.78 is 11.3. The van der Waals surface area contributed by atoms with Gasteiger partial charge in [0, 0.05) is 13.5 Å². The van der Waals surface area contributed by atoms with Gasteiger partial charge in [-0.3, -0.25) is 25.3 Å². The Bertz CT molecular complexity index is 765. The molecule has 0 aliphatic heterocycles. The third-order valence-electron chi connectivity index (χ3n) is 3.71. The van der Waals surface area contributed by atoms with Crippen molar-refractivity contribution in [1.82, 2.24) is 15.8 Å².